The Morgan fingerprint density at radius 2 is 1.75 bits per heavy atom. The Bertz CT molecular complexity index is 6.00. The van der Waals surface area contributed by atoms with E-state index in [-0.39, 0.29) is 17.0 Å². The minimum atomic E-state index is 0. The molecule has 0 saturated carbocycles. The molecule has 0 heterocycles. The van der Waals surface area contributed by atoms with Crippen molar-refractivity contribution in [3.8, 4) is 0 Å². The van der Waals surface area contributed by atoms with Gasteiger partial charge in [-0.15, -0.1) is 17.0 Å². The van der Waals surface area contributed by atoms with Crippen molar-refractivity contribution in [1.82, 2.24) is 0 Å². The molecule has 0 N–H and O–H groups in total. The van der Waals surface area contributed by atoms with E-state index in [2.05, 4.69) is 24.6 Å². The van der Waals surface area contributed by atoms with Crippen LogP contribution >= 0.6 is 17.0 Å². The summed E-state index contributed by atoms with van der Waals surface area (Å²) in [5, 5.41) is 1.25. The van der Waals surface area contributed by atoms with E-state index in [0.717, 1.165) is 0 Å². The molecular formula is C2H6BrLi. The summed E-state index contributed by atoms with van der Waals surface area (Å²) in [6, 6.07) is 0. The summed E-state index contributed by atoms with van der Waals surface area (Å²) < 4.78 is 0. The second-order valence-corrected chi connectivity index (χ2v) is 0.707. The molecule has 0 aromatic rings. The summed E-state index contributed by atoms with van der Waals surface area (Å²) in [6.07, 6.45) is 0. The molecule has 0 rings (SSSR count). The molecule has 0 atom stereocenters. The fourth-order valence-electron chi connectivity index (χ4n) is 0. The molecule has 0 nitrogen and oxygen atoms in total. The number of rotatable bonds is 0. The molecule has 0 fully saturated rings. The predicted molar refractivity (Wildman–Crippen MR) is 26.6 cm³/mol. The van der Waals surface area contributed by atoms with Crippen molar-refractivity contribution in [2.24, 2.45) is 0 Å². The summed E-state index contributed by atoms with van der Waals surface area (Å²) in [5.74, 6) is 0. The van der Waals surface area contributed by atoms with E-state index in [1.807, 2.05) is 0 Å². The molecule has 0 aromatic carbocycles. The first-order valence-electron chi connectivity index (χ1n) is 1.41. The molecule has 0 saturated heterocycles. The molecule has 22 valence electrons. The van der Waals surface area contributed by atoms with E-state index < -0.39 is 0 Å². The fraction of sp³-hybridized carbons (Fsp3) is 1.00. The zero-order valence-electron chi connectivity index (χ0n) is 3.12. The van der Waals surface area contributed by atoms with Crippen LogP contribution in [0, 0.1) is 0 Å². The van der Waals surface area contributed by atoms with Crippen molar-refractivity contribution in [3.63, 3.8) is 0 Å². The van der Waals surface area contributed by atoms with Crippen molar-refractivity contribution >= 4 is 34.7 Å². The normalized spacial score (nSPS) is 4.75. The van der Waals surface area contributed by atoms with Gasteiger partial charge in [0.25, 0.3) is 0 Å². The van der Waals surface area contributed by atoms with Crippen molar-refractivity contribution in [2.75, 3.05) is 0 Å². The van der Waals surface area contributed by atoms with Crippen LogP contribution < -0.4 is 0 Å². The molecule has 0 amide bonds. The average molecular weight is 117 g/mol. The molecule has 4 heavy (non-hydrogen) atoms. The van der Waals surface area contributed by atoms with E-state index in [1.54, 1.807) is 0 Å². The first kappa shape index (κ1) is 8.91. The number of hydrogen-bond acceptors (Lipinski definition) is 0. The monoisotopic (exact) mass is 116 g/mol. The Balaban J connectivity index is 0. The van der Waals surface area contributed by atoms with Crippen LogP contribution in [-0.4, -0.2) is 17.7 Å². The first-order chi connectivity index (χ1) is 1.41. The van der Waals surface area contributed by atoms with Crippen molar-refractivity contribution < 1.29 is 0 Å². The van der Waals surface area contributed by atoms with Crippen LogP contribution in [-0.2, 0) is 0 Å². The molecule has 2 heteroatoms. The van der Waals surface area contributed by atoms with Crippen LogP contribution in [0.3, 0.4) is 0 Å². The van der Waals surface area contributed by atoms with Gasteiger partial charge < -0.3 is 0 Å². The molecule has 0 aliphatic heterocycles. The Morgan fingerprint density at radius 3 is 1.75 bits per heavy atom. The fourth-order valence-corrected chi connectivity index (χ4v) is 0. The molecular weight excluding hydrogens is 111 g/mol. The summed E-state index contributed by atoms with van der Waals surface area (Å²) in [5.41, 5.74) is 0. The van der Waals surface area contributed by atoms with Gasteiger partial charge in [0.15, 0.2) is 0 Å². The molecule has 0 aliphatic rings. The van der Waals surface area contributed by atoms with E-state index in [1.165, 1.54) is 5.09 Å². The van der Waals surface area contributed by atoms with E-state index in [4.69, 9.17) is 0 Å². The topological polar surface area (TPSA) is 0 Å². The molecule has 0 aliphatic carbocycles. The van der Waals surface area contributed by atoms with Crippen LogP contribution in [0.1, 0.15) is 6.92 Å². The Morgan fingerprint density at radius 1 is 1.75 bits per heavy atom. The van der Waals surface area contributed by atoms with Crippen LogP contribution in [0.4, 0.5) is 0 Å². The average Bonchev–Trinajstić information content (AvgIpc) is 0.918. The maximum atomic E-state index is 2.12. The molecule has 0 aromatic heterocycles. The van der Waals surface area contributed by atoms with Gasteiger partial charge >= 0.3 is 29.7 Å². The first-order valence-corrected chi connectivity index (χ1v) is 1.41. The van der Waals surface area contributed by atoms with E-state index in [9.17, 15) is 0 Å². The summed E-state index contributed by atoms with van der Waals surface area (Å²) in [4.78, 5) is 0. The van der Waals surface area contributed by atoms with Gasteiger partial charge in [0.2, 0.25) is 0 Å². The maximum absolute atomic E-state index is 2.12. The van der Waals surface area contributed by atoms with Gasteiger partial charge in [0.1, 0.15) is 0 Å². The van der Waals surface area contributed by atoms with Gasteiger partial charge in [-0.3, -0.25) is 0 Å². The van der Waals surface area contributed by atoms with Gasteiger partial charge in [0, 0.05) is 0 Å². The quantitative estimate of drug-likeness (QED) is 0.417. The Hall–Kier alpha value is 1.08. The molecule has 0 radical (unpaired) electrons. The third-order valence-corrected chi connectivity index (χ3v) is 0. The third kappa shape index (κ3) is 11.4. The number of hydrogen-bond donors (Lipinski definition) is 0. The summed E-state index contributed by atoms with van der Waals surface area (Å²) in [6.45, 7) is 2.12. The SMILES string of the molecule is Br.[Li][CH2]C. The second-order valence-electron chi connectivity index (χ2n) is 0.707. The molecule has 0 spiro atoms. The Labute approximate surface area is 46.9 Å². The van der Waals surface area contributed by atoms with Gasteiger partial charge in [-0.25, -0.2) is 0 Å². The van der Waals surface area contributed by atoms with Gasteiger partial charge in [-0.1, -0.05) is 0 Å². The van der Waals surface area contributed by atoms with Crippen LogP contribution in [0.2, 0.25) is 5.09 Å². The van der Waals surface area contributed by atoms with Crippen LogP contribution in [0.5, 0.6) is 0 Å². The van der Waals surface area contributed by atoms with Crippen molar-refractivity contribution in [2.45, 2.75) is 12.0 Å². The molecule has 0 bridgehead atoms. The summed E-state index contributed by atoms with van der Waals surface area (Å²) >= 11 is 2.12. The van der Waals surface area contributed by atoms with Gasteiger partial charge in [0.05, 0.1) is 0 Å². The van der Waals surface area contributed by atoms with Gasteiger partial charge in [-0.05, 0) is 0 Å². The third-order valence-electron chi connectivity index (χ3n) is 0. The van der Waals surface area contributed by atoms with Crippen LogP contribution in [0.25, 0.3) is 0 Å². The zero-order valence-corrected chi connectivity index (χ0v) is 4.83. The zero-order chi connectivity index (χ0) is 2.71. The number of halogens is 1. The van der Waals surface area contributed by atoms with Crippen LogP contribution in [0.15, 0.2) is 0 Å². The second kappa shape index (κ2) is 8.95. The van der Waals surface area contributed by atoms with Gasteiger partial charge in [-0.2, -0.15) is 0 Å². The predicted octanol–water partition coefficient (Wildman–Crippen LogP) is 1.17. The minimum absolute atomic E-state index is 0. The van der Waals surface area contributed by atoms with Crippen molar-refractivity contribution in [3.05, 3.63) is 0 Å². The molecule has 0 unspecified atom stereocenters. The summed E-state index contributed by atoms with van der Waals surface area (Å²) in [7, 11) is 0. The van der Waals surface area contributed by atoms with E-state index in [0.29, 0.717) is 0 Å². The van der Waals surface area contributed by atoms with E-state index >= 15 is 0 Å². The van der Waals surface area contributed by atoms with Crippen molar-refractivity contribution in [1.29, 1.82) is 0 Å². The standard InChI is InChI=1S/C2H5.BrH.Li/c1-2;;/h1H2,2H3;1H;. The Kier molecular flexibility index (Phi) is 19.9.